The highest BCUT2D eigenvalue weighted by molar-refractivity contribution is 6.09. The second-order valence-corrected chi connectivity index (χ2v) is 17.8. The quantitative estimate of drug-likeness (QED) is 0.0958. The highest BCUT2D eigenvalue weighted by Gasteiger charge is 2.22. The van der Waals surface area contributed by atoms with E-state index < -0.39 is 66.3 Å². The van der Waals surface area contributed by atoms with Crippen molar-refractivity contribution in [2.24, 2.45) is 0 Å². The summed E-state index contributed by atoms with van der Waals surface area (Å²) in [5.74, 6) is 0.841. The van der Waals surface area contributed by atoms with Gasteiger partial charge in [-0.15, -0.1) is 0 Å². The third-order valence-corrected chi connectivity index (χ3v) is 12.7. The van der Waals surface area contributed by atoms with Crippen LogP contribution in [-0.4, -0.2) is 14.1 Å². The Morgan fingerprint density at radius 3 is 1.94 bits per heavy atom. The molecule has 0 N–H and O–H groups in total. The number of hydrogen-bond donors (Lipinski definition) is 0. The number of ether oxygens (including phenoxy) is 1. The average Bonchev–Trinajstić information content (AvgIpc) is 4.27. The maximum atomic E-state index is 9.80. The Morgan fingerprint density at radius 1 is 0.618 bits per heavy atom. The van der Waals surface area contributed by atoms with Crippen molar-refractivity contribution in [3.63, 3.8) is 0 Å². The third-order valence-electron chi connectivity index (χ3n) is 12.7. The lowest BCUT2D eigenvalue weighted by molar-refractivity contribution is -0.571. The Kier molecular flexibility index (Phi) is 8.26. The largest absolute Gasteiger partial charge is 0.458 e. The van der Waals surface area contributed by atoms with Crippen molar-refractivity contribution >= 4 is 32.8 Å². The van der Waals surface area contributed by atoms with Gasteiger partial charge in [0, 0.05) is 30.0 Å². The molecule has 0 aliphatic carbocycles. The molecular formula is C63H54N4O. The molecule has 0 radical (unpaired) electrons. The SMILES string of the molecule is [2H]c1c([2H])c([2H])c(-c2cccc(-c3c([2H])c([2H])c([2H])c([2H])c3[2H])c2-[n+]2[c-]n(-c3cccc(Oc4ccc5c6ccccc6n(-c6cc(C([2H])(CC)CC)c(-c7ccc(C(C)(C)C)cc7)cn6)c5c4)c3)c3ccccc32)c([2H])c1[2H]. The lowest BCUT2D eigenvalue weighted by Gasteiger charge is -2.22. The Bertz CT molecular complexity index is 4120. The van der Waals surface area contributed by atoms with Crippen LogP contribution < -0.4 is 9.30 Å². The summed E-state index contributed by atoms with van der Waals surface area (Å²) in [4.78, 5) is 5.15. The molecule has 0 saturated heterocycles. The fraction of sp³-hybridized carbons (Fsp3) is 0.143. The molecule has 0 aliphatic rings. The number of rotatable bonds is 11. The van der Waals surface area contributed by atoms with Gasteiger partial charge < -0.3 is 4.74 Å². The van der Waals surface area contributed by atoms with Gasteiger partial charge in [0.15, 0.2) is 0 Å². The van der Waals surface area contributed by atoms with Gasteiger partial charge in [-0.3, -0.25) is 13.7 Å². The first-order valence-corrected chi connectivity index (χ1v) is 22.9. The van der Waals surface area contributed by atoms with E-state index >= 15 is 0 Å². The zero-order chi connectivity index (χ0) is 56.0. The van der Waals surface area contributed by atoms with Gasteiger partial charge in [-0.25, -0.2) is 4.98 Å². The number of fused-ring (bicyclic) bond motifs is 4. The zero-order valence-electron chi connectivity index (χ0n) is 49.5. The highest BCUT2D eigenvalue weighted by Crippen LogP contribution is 2.40. The van der Waals surface area contributed by atoms with Crippen LogP contribution >= 0.6 is 0 Å². The minimum absolute atomic E-state index is 0.00870. The smallest absolute Gasteiger partial charge is 0.269 e. The van der Waals surface area contributed by atoms with Crippen molar-refractivity contribution in [2.75, 3.05) is 0 Å². The van der Waals surface area contributed by atoms with Gasteiger partial charge >= 0.3 is 0 Å². The maximum absolute atomic E-state index is 9.80. The average molecular weight is 894 g/mol. The van der Waals surface area contributed by atoms with Crippen LogP contribution in [0.25, 0.3) is 83.4 Å². The summed E-state index contributed by atoms with van der Waals surface area (Å²) >= 11 is 0. The molecule has 0 amide bonds. The zero-order valence-corrected chi connectivity index (χ0v) is 38.5. The molecule has 8 aromatic carbocycles. The summed E-state index contributed by atoms with van der Waals surface area (Å²) in [7, 11) is 0. The number of nitrogens with zero attached hydrogens (tertiary/aromatic N) is 4. The minimum Gasteiger partial charge on any atom is -0.458 e. The van der Waals surface area contributed by atoms with E-state index in [2.05, 4.69) is 88.0 Å². The fourth-order valence-corrected chi connectivity index (χ4v) is 9.33. The molecule has 68 heavy (non-hydrogen) atoms. The van der Waals surface area contributed by atoms with Crippen molar-refractivity contribution in [3.05, 3.63) is 224 Å². The van der Waals surface area contributed by atoms with Crippen molar-refractivity contribution in [1.29, 1.82) is 0 Å². The van der Waals surface area contributed by atoms with E-state index in [9.17, 15) is 1.37 Å². The van der Waals surface area contributed by atoms with Gasteiger partial charge in [-0.05, 0) is 106 Å². The van der Waals surface area contributed by atoms with Crippen LogP contribution in [0.1, 0.15) is 79.6 Å². The fourth-order valence-electron chi connectivity index (χ4n) is 9.33. The van der Waals surface area contributed by atoms with Crippen LogP contribution in [0.5, 0.6) is 11.5 Å². The third kappa shape index (κ3) is 7.74. The lowest BCUT2D eigenvalue weighted by Crippen LogP contribution is -2.31. The molecule has 0 aliphatic heterocycles. The molecule has 0 fully saturated rings. The first-order valence-electron chi connectivity index (χ1n) is 28.4. The number of hydrogen-bond acceptors (Lipinski definition) is 2. The van der Waals surface area contributed by atoms with Gasteiger partial charge in [0.05, 0.1) is 47.1 Å². The first kappa shape index (κ1) is 31.8. The second kappa shape index (κ2) is 17.7. The molecule has 11 rings (SSSR count). The Morgan fingerprint density at radius 2 is 1.25 bits per heavy atom. The predicted octanol–water partition coefficient (Wildman–Crippen LogP) is 16.2. The Balaban J connectivity index is 1.05. The van der Waals surface area contributed by atoms with Gasteiger partial charge in [0.1, 0.15) is 17.3 Å². The molecule has 5 heteroatoms. The van der Waals surface area contributed by atoms with Crippen LogP contribution in [0.3, 0.4) is 0 Å². The summed E-state index contributed by atoms with van der Waals surface area (Å²) in [6.07, 6.45) is 6.58. The molecule has 0 bridgehead atoms. The van der Waals surface area contributed by atoms with Crippen LogP contribution in [0, 0.1) is 6.33 Å². The van der Waals surface area contributed by atoms with E-state index in [1.54, 1.807) is 27.3 Å². The van der Waals surface area contributed by atoms with Crippen molar-refractivity contribution < 1.29 is 24.4 Å². The summed E-state index contributed by atoms with van der Waals surface area (Å²) in [5.41, 5.74) is 7.87. The molecule has 11 aromatic rings. The summed E-state index contributed by atoms with van der Waals surface area (Å²) in [6, 6.07) is 39.2. The molecule has 0 saturated carbocycles. The van der Waals surface area contributed by atoms with Gasteiger partial charge in [-0.2, -0.15) is 0 Å². The van der Waals surface area contributed by atoms with Crippen molar-refractivity contribution in [1.82, 2.24) is 14.1 Å². The summed E-state index contributed by atoms with van der Waals surface area (Å²) < 4.78 is 109. The van der Waals surface area contributed by atoms with E-state index in [1.807, 2.05) is 85.1 Å². The topological polar surface area (TPSA) is 35.9 Å². The normalized spacial score (nSPS) is 14.3. The lowest BCUT2D eigenvalue weighted by atomic mass is 9.84. The van der Waals surface area contributed by atoms with Crippen LogP contribution in [0.2, 0.25) is 0 Å². The molecule has 332 valence electrons. The van der Waals surface area contributed by atoms with Gasteiger partial charge in [-0.1, -0.05) is 186 Å². The van der Waals surface area contributed by atoms with E-state index in [4.69, 9.17) is 23.4 Å². The van der Waals surface area contributed by atoms with E-state index in [1.165, 1.54) is 5.56 Å². The molecule has 0 unspecified atom stereocenters. The molecule has 3 aromatic heterocycles. The van der Waals surface area contributed by atoms with Crippen molar-refractivity contribution in [3.8, 4) is 62.1 Å². The van der Waals surface area contributed by atoms with E-state index in [0.29, 0.717) is 46.9 Å². The second-order valence-electron chi connectivity index (χ2n) is 17.8. The Labute approximate surface area is 414 Å². The summed E-state index contributed by atoms with van der Waals surface area (Å²) in [6.45, 7) is 10.7. The Hall–Kier alpha value is -8.02. The molecule has 0 spiro atoms. The van der Waals surface area contributed by atoms with Crippen LogP contribution in [0.4, 0.5) is 0 Å². The van der Waals surface area contributed by atoms with Gasteiger partial charge in [0.25, 0.3) is 6.33 Å². The first-order chi connectivity index (χ1) is 37.8. The summed E-state index contributed by atoms with van der Waals surface area (Å²) in [5, 5.41) is 2.03. The van der Waals surface area contributed by atoms with E-state index in [-0.39, 0.29) is 33.4 Å². The molecule has 5 nitrogen and oxygen atoms in total. The number of imidazole rings is 1. The number of aromatic nitrogens is 4. The van der Waals surface area contributed by atoms with Crippen LogP contribution in [-0.2, 0) is 5.41 Å². The molecule has 0 atom stereocenters. The number of pyridine rings is 1. The highest BCUT2D eigenvalue weighted by atomic mass is 16.5. The molecule has 3 heterocycles. The number of benzene rings is 8. The molecular weight excluding hydrogens is 829 g/mol. The minimum atomic E-state index is -0.879. The predicted molar refractivity (Wildman–Crippen MR) is 281 cm³/mol. The van der Waals surface area contributed by atoms with Crippen LogP contribution in [0.15, 0.2) is 206 Å². The maximum Gasteiger partial charge on any atom is 0.269 e. The van der Waals surface area contributed by atoms with Crippen molar-refractivity contribution in [2.45, 2.75) is 58.8 Å². The van der Waals surface area contributed by atoms with E-state index in [0.717, 1.165) is 38.5 Å². The van der Waals surface area contributed by atoms with Gasteiger partial charge in [0.2, 0.25) is 0 Å². The number of para-hydroxylation sites is 4. The monoisotopic (exact) mass is 893 g/mol. The standard InChI is InChI=1S/C63H54N4O/c1-6-43(7-2)55-40-61(64-41-56(55)46-32-34-47(35-33-46)63(3,4)5)67-57-29-15-14-26-53(57)54-37-36-50(39-60(54)67)68-49-25-18-24-48(38-49)65-42-66(59-31-17-16-30-58(59)65)62-51(44-20-10-8-11-21-44)27-19-28-52(62)45-22-12-9-13-23-45/h8-41,43H,6-7H2,1-5H3/i8D,9D,10D,11D,12D,13D,20D,21D,22D,23D,43D.